The number of carboxylic acids is 1. The second-order valence-corrected chi connectivity index (χ2v) is 13.3. The van der Waals surface area contributed by atoms with Crippen LogP contribution in [0.4, 0.5) is 11.4 Å². The number of ether oxygens (including phenoxy) is 1. The lowest BCUT2D eigenvalue weighted by Crippen LogP contribution is -2.50. The number of anilines is 1. The van der Waals surface area contributed by atoms with Gasteiger partial charge < -0.3 is 14.7 Å². The quantitative estimate of drug-likeness (QED) is 0.325. The van der Waals surface area contributed by atoms with Crippen molar-refractivity contribution >= 4 is 38.6 Å². The standard InChI is InChI=1S/C30H35N3O6S/c1-7-32-24-13-26-22(11-20(24)18(2)15-29(32,3)4)31-23-12-21-19(17-40(36,37)38)16-30(5,6)33(10-8-9-28(34)35)25(21)14-27(23)39-26/h11-16H,7-10,17H2,1-6H3,(H-,34,35,36,37,38)/p+1. The number of carboxylic acid groups (broad SMARTS) is 1. The molecule has 0 saturated heterocycles. The molecular formula is C30H36N3O6S+. The first kappa shape index (κ1) is 28.0. The van der Waals surface area contributed by atoms with E-state index in [9.17, 15) is 22.9 Å². The van der Waals surface area contributed by atoms with Crippen molar-refractivity contribution in [3.05, 3.63) is 58.3 Å². The molecule has 3 heterocycles. The van der Waals surface area contributed by atoms with Gasteiger partial charge in [-0.2, -0.15) is 8.42 Å². The Bertz CT molecular complexity index is 1740. The van der Waals surface area contributed by atoms with Gasteiger partial charge in [0.2, 0.25) is 5.36 Å². The van der Waals surface area contributed by atoms with Crippen molar-refractivity contribution in [2.75, 3.05) is 23.7 Å². The summed E-state index contributed by atoms with van der Waals surface area (Å²) in [6, 6.07) is 7.72. The first-order chi connectivity index (χ1) is 18.6. The van der Waals surface area contributed by atoms with Crippen LogP contribution in [0.2, 0.25) is 0 Å². The molecule has 5 rings (SSSR count). The molecule has 212 valence electrons. The Labute approximate surface area is 234 Å². The van der Waals surface area contributed by atoms with Crippen molar-refractivity contribution in [1.82, 2.24) is 4.58 Å². The molecule has 0 aromatic heterocycles. The maximum absolute atomic E-state index is 11.9. The van der Waals surface area contributed by atoms with Crippen LogP contribution in [0.1, 0.15) is 65.5 Å². The van der Waals surface area contributed by atoms with Crippen LogP contribution < -0.4 is 24.9 Å². The topological polar surface area (TPSA) is 120 Å². The minimum absolute atomic E-state index is 0.0108. The second-order valence-electron chi connectivity index (χ2n) is 11.8. The Kier molecular flexibility index (Phi) is 6.70. The van der Waals surface area contributed by atoms with Gasteiger partial charge in [-0.25, -0.2) is 9.57 Å². The van der Waals surface area contributed by atoms with Gasteiger partial charge in [0.05, 0.1) is 23.6 Å². The van der Waals surface area contributed by atoms with Crippen LogP contribution in [-0.2, 0) is 14.9 Å². The van der Waals surface area contributed by atoms with Gasteiger partial charge >= 0.3 is 5.97 Å². The Morgan fingerprint density at radius 3 is 2.45 bits per heavy atom. The molecular weight excluding hydrogens is 530 g/mol. The van der Waals surface area contributed by atoms with Crippen LogP contribution in [0.3, 0.4) is 0 Å². The Hall–Kier alpha value is -3.50. The highest BCUT2D eigenvalue weighted by Gasteiger charge is 2.37. The number of aliphatic carboxylic acids is 1. The predicted molar refractivity (Wildman–Crippen MR) is 156 cm³/mol. The monoisotopic (exact) mass is 566 g/mol. The van der Waals surface area contributed by atoms with E-state index in [1.807, 2.05) is 38.1 Å². The summed E-state index contributed by atoms with van der Waals surface area (Å²) in [6.07, 6.45) is 4.50. The number of hydrogen-bond donors (Lipinski definition) is 2. The van der Waals surface area contributed by atoms with Gasteiger partial charge in [0.25, 0.3) is 10.1 Å². The van der Waals surface area contributed by atoms with E-state index in [-0.39, 0.29) is 12.0 Å². The minimum atomic E-state index is -4.30. The zero-order valence-corrected chi connectivity index (χ0v) is 24.6. The third-order valence-electron chi connectivity index (χ3n) is 7.88. The molecule has 10 heteroatoms. The summed E-state index contributed by atoms with van der Waals surface area (Å²) < 4.78 is 42.1. The first-order valence-corrected chi connectivity index (χ1v) is 15.1. The molecule has 2 N–H and O–H groups in total. The molecule has 40 heavy (non-hydrogen) atoms. The zero-order chi connectivity index (χ0) is 29.2. The molecule has 3 aliphatic rings. The molecule has 0 unspecified atom stereocenters. The van der Waals surface area contributed by atoms with Crippen molar-refractivity contribution in [3.8, 4) is 11.5 Å². The molecule has 0 spiro atoms. The Morgan fingerprint density at radius 2 is 1.80 bits per heavy atom. The molecule has 3 aliphatic heterocycles. The van der Waals surface area contributed by atoms with E-state index in [0.717, 1.165) is 23.4 Å². The van der Waals surface area contributed by atoms with Crippen LogP contribution in [0.15, 0.2) is 41.4 Å². The Balaban J connectivity index is 1.71. The van der Waals surface area contributed by atoms with Gasteiger partial charge in [-0.1, -0.05) is 6.08 Å². The molecule has 0 aliphatic carbocycles. The number of nitrogens with zero attached hydrogens (tertiary/aromatic N) is 3. The smallest absolute Gasteiger partial charge is 0.303 e. The van der Waals surface area contributed by atoms with Gasteiger partial charge in [0, 0.05) is 44.1 Å². The lowest BCUT2D eigenvalue weighted by atomic mass is 9.88. The fourth-order valence-corrected chi connectivity index (χ4v) is 6.93. The van der Waals surface area contributed by atoms with Crippen molar-refractivity contribution in [3.63, 3.8) is 0 Å². The van der Waals surface area contributed by atoms with E-state index in [4.69, 9.17) is 9.73 Å². The highest BCUT2D eigenvalue weighted by atomic mass is 32.2. The number of fused-ring (bicyclic) bond motifs is 4. The first-order valence-electron chi connectivity index (χ1n) is 13.5. The van der Waals surface area contributed by atoms with Crippen LogP contribution >= 0.6 is 0 Å². The summed E-state index contributed by atoms with van der Waals surface area (Å²) in [5, 5.41) is 10.5. The molecule has 0 atom stereocenters. The van der Waals surface area contributed by atoms with E-state index in [0.29, 0.717) is 52.0 Å². The minimum Gasteiger partial charge on any atom is -0.481 e. The number of likely N-dealkylation sites (N-methyl/N-ethyl adjacent to an activating group) is 1. The average Bonchev–Trinajstić information content (AvgIpc) is 2.81. The molecule has 2 aromatic carbocycles. The molecule has 0 bridgehead atoms. The number of benzene rings is 2. The van der Waals surface area contributed by atoms with Crippen LogP contribution in [-0.4, -0.2) is 54.0 Å². The fourth-order valence-electron chi connectivity index (χ4n) is 6.30. The van der Waals surface area contributed by atoms with Gasteiger partial charge in [-0.05, 0) is 57.0 Å². The van der Waals surface area contributed by atoms with Crippen LogP contribution in [0.25, 0.3) is 11.1 Å². The summed E-state index contributed by atoms with van der Waals surface area (Å²) in [6.45, 7) is 13.7. The predicted octanol–water partition coefficient (Wildman–Crippen LogP) is 4.18. The summed E-state index contributed by atoms with van der Waals surface area (Å²) in [7, 11) is -4.30. The van der Waals surface area contributed by atoms with Gasteiger partial charge in [-0.15, -0.1) is 0 Å². The summed E-state index contributed by atoms with van der Waals surface area (Å²) in [5.74, 6) is -0.248. The van der Waals surface area contributed by atoms with E-state index >= 15 is 0 Å². The lowest BCUT2D eigenvalue weighted by molar-refractivity contribution is -0.137. The molecule has 0 saturated carbocycles. The number of carbonyl (C=O) groups is 1. The lowest BCUT2D eigenvalue weighted by Gasteiger charge is -2.43. The van der Waals surface area contributed by atoms with Gasteiger partial charge in [-0.3, -0.25) is 9.35 Å². The van der Waals surface area contributed by atoms with Crippen LogP contribution in [0.5, 0.6) is 11.5 Å². The highest BCUT2D eigenvalue weighted by Crippen LogP contribution is 2.46. The average molecular weight is 567 g/mol. The van der Waals surface area contributed by atoms with E-state index in [2.05, 4.69) is 43.2 Å². The van der Waals surface area contributed by atoms with E-state index < -0.39 is 27.4 Å². The highest BCUT2D eigenvalue weighted by molar-refractivity contribution is 7.86. The van der Waals surface area contributed by atoms with Crippen LogP contribution in [0, 0.1) is 0 Å². The van der Waals surface area contributed by atoms with Crippen molar-refractivity contribution in [1.29, 1.82) is 0 Å². The van der Waals surface area contributed by atoms with Gasteiger partial charge in [0.1, 0.15) is 23.3 Å². The molecule has 2 aromatic rings. The molecule has 0 radical (unpaired) electrons. The van der Waals surface area contributed by atoms with Crippen molar-refractivity contribution < 1.29 is 27.6 Å². The van der Waals surface area contributed by atoms with E-state index in [1.54, 1.807) is 6.07 Å². The van der Waals surface area contributed by atoms with Crippen molar-refractivity contribution in [2.45, 2.75) is 65.5 Å². The third kappa shape index (κ3) is 5.06. The fraction of sp³-hybridized carbons (Fsp3) is 0.433. The maximum Gasteiger partial charge on any atom is 0.303 e. The van der Waals surface area contributed by atoms with Crippen molar-refractivity contribution in [2.24, 2.45) is 4.99 Å². The number of hydrogen-bond acceptors (Lipinski definition) is 6. The molecule has 9 nitrogen and oxygen atoms in total. The summed E-state index contributed by atoms with van der Waals surface area (Å²) in [5.41, 5.74) is 4.31. The molecule has 0 fully saturated rings. The Morgan fingerprint density at radius 1 is 1.07 bits per heavy atom. The molecule has 0 amide bonds. The van der Waals surface area contributed by atoms with Gasteiger partial charge in [0.15, 0.2) is 17.0 Å². The second kappa shape index (κ2) is 9.55. The zero-order valence-electron chi connectivity index (χ0n) is 23.8. The SMILES string of the molecule is CCN1c2cc3c(cc2C(C)=CC1(C)C)N=c1cc2c(cc1O3)=[N+](CCCC(=O)O)C(C)(C)C=C2CS(=O)(=O)O. The maximum atomic E-state index is 11.9. The third-order valence-corrected chi connectivity index (χ3v) is 8.56. The summed E-state index contributed by atoms with van der Waals surface area (Å²) in [4.78, 5) is 18.5. The summed E-state index contributed by atoms with van der Waals surface area (Å²) >= 11 is 0. The van der Waals surface area contributed by atoms with E-state index in [1.165, 1.54) is 0 Å². The number of rotatable bonds is 7. The normalized spacial score (nSPS) is 18.3. The largest absolute Gasteiger partial charge is 0.481 e. The number of allylic oxidation sites excluding steroid dienone is 1.